The zero-order valence-electron chi connectivity index (χ0n) is 15.7. The van der Waals surface area contributed by atoms with Gasteiger partial charge < -0.3 is 0 Å². The van der Waals surface area contributed by atoms with Crippen LogP contribution < -0.4 is 15.9 Å². The van der Waals surface area contributed by atoms with Gasteiger partial charge in [-0.25, -0.2) is 0 Å². The summed E-state index contributed by atoms with van der Waals surface area (Å²) in [6, 6.07) is 36.5. The Hall–Kier alpha value is -1.99. The Bertz CT molecular complexity index is 1020. The molecule has 0 N–H and O–H groups in total. The predicted octanol–water partition coefficient (Wildman–Crippen LogP) is 6.82. The van der Waals surface area contributed by atoms with E-state index in [-0.39, 0.29) is 5.02 Å². The molecule has 0 spiro atoms. The van der Waals surface area contributed by atoms with Gasteiger partial charge in [0.2, 0.25) is 0 Å². The summed E-state index contributed by atoms with van der Waals surface area (Å²) in [7, 11) is 0. The van der Waals surface area contributed by atoms with E-state index < -0.39 is 11.1 Å². The van der Waals surface area contributed by atoms with Crippen LogP contribution in [0.4, 0.5) is 4.39 Å². The van der Waals surface area contributed by atoms with Gasteiger partial charge in [-0.15, -0.1) is 0 Å². The van der Waals surface area contributed by atoms with E-state index in [1.54, 1.807) is 12.1 Å². The fraction of sp³-hybridized carbons (Fsp3) is 0.0400. The van der Waals surface area contributed by atoms with Crippen molar-refractivity contribution in [3.05, 3.63) is 126 Å². The molecule has 146 valence electrons. The molecule has 29 heavy (non-hydrogen) atoms. The summed E-state index contributed by atoms with van der Waals surface area (Å²) in [5.41, 5.74) is 0.901. The van der Waals surface area contributed by atoms with Gasteiger partial charge in [-0.1, -0.05) is 0 Å². The second-order valence-electron chi connectivity index (χ2n) is 7.10. The molecule has 0 aliphatic rings. The summed E-state index contributed by atoms with van der Waals surface area (Å²) in [6.45, 7) is 0. The van der Waals surface area contributed by atoms with Crippen LogP contribution in [-0.4, -0.2) is 0 Å². The van der Waals surface area contributed by atoms with Crippen LogP contribution in [0, 0.1) is 5.82 Å². The Morgan fingerprint density at radius 3 is 1.45 bits per heavy atom. The molecule has 0 fully saturated rings. The van der Waals surface area contributed by atoms with Gasteiger partial charge >= 0.3 is 184 Å². The minimum atomic E-state index is -3.12. The first kappa shape index (κ1) is 20.3. The average Bonchev–Trinajstić information content (AvgIpc) is 2.78. The second kappa shape index (κ2) is 8.03. The van der Waals surface area contributed by atoms with Gasteiger partial charge in [-0.2, -0.15) is 0 Å². The van der Waals surface area contributed by atoms with Crippen LogP contribution in [0.25, 0.3) is 0 Å². The van der Waals surface area contributed by atoms with Crippen molar-refractivity contribution in [3.8, 4) is 0 Å². The maximum absolute atomic E-state index is 14.4. The van der Waals surface area contributed by atoms with Gasteiger partial charge in [0, 0.05) is 0 Å². The first-order chi connectivity index (χ1) is 14.0. The Morgan fingerprint density at radius 2 is 1.07 bits per heavy atom. The van der Waals surface area contributed by atoms with Crippen LogP contribution in [0.1, 0.15) is 5.56 Å². The molecule has 0 heterocycles. The maximum atomic E-state index is 14.4. The van der Waals surface area contributed by atoms with E-state index in [2.05, 4.69) is 88.3 Å². The first-order valence-corrected chi connectivity index (χ1v) is 14.2. The molecule has 0 saturated carbocycles. The van der Waals surface area contributed by atoms with Crippen molar-refractivity contribution in [2.75, 3.05) is 0 Å². The first-order valence-electron chi connectivity index (χ1n) is 9.36. The minimum absolute atomic E-state index is 0.141. The Kier molecular flexibility index (Phi) is 5.62. The van der Waals surface area contributed by atoms with Gasteiger partial charge in [-0.3, -0.25) is 0 Å². The molecule has 4 aromatic carbocycles. The van der Waals surface area contributed by atoms with E-state index in [1.807, 2.05) is 24.3 Å². The number of hydrogen-bond donors (Lipinski definition) is 0. The number of halogens is 3. The van der Waals surface area contributed by atoms with Crippen molar-refractivity contribution in [3.63, 3.8) is 0 Å². The Labute approximate surface area is 184 Å². The van der Waals surface area contributed by atoms with Crippen LogP contribution in [0.5, 0.6) is 0 Å². The summed E-state index contributed by atoms with van der Waals surface area (Å²) >= 11 is 10.3. The van der Waals surface area contributed by atoms with Crippen LogP contribution >= 0.6 is 32.4 Å². The fourth-order valence-corrected chi connectivity index (χ4v) is 11.7. The van der Waals surface area contributed by atoms with Crippen molar-refractivity contribution in [1.29, 1.82) is 0 Å². The second-order valence-corrected chi connectivity index (χ2v) is 16.4. The van der Waals surface area contributed by atoms with Crippen LogP contribution in [0.3, 0.4) is 0 Å². The van der Waals surface area contributed by atoms with Crippen molar-refractivity contribution in [1.82, 2.24) is 0 Å². The summed E-state index contributed by atoms with van der Waals surface area (Å²) in [5, 5.41) is 0.623. The molecule has 0 saturated heterocycles. The van der Waals surface area contributed by atoms with E-state index in [1.165, 1.54) is 15.9 Å². The molecule has 0 aromatic heterocycles. The van der Waals surface area contributed by atoms with Crippen LogP contribution in [-0.2, 0) is 6.16 Å². The van der Waals surface area contributed by atoms with E-state index in [9.17, 15) is 4.39 Å². The molecular weight excluding hydrogens is 466 g/mol. The van der Waals surface area contributed by atoms with Gasteiger partial charge in [-0.05, 0) is 0 Å². The Morgan fingerprint density at radius 1 is 0.655 bits per heavy atom. The molecule has 0 radical (unpaired) electrons. The summed E-state index contributed by atoms with van der Waals surface area (Å²) in [6.07, 6.45) is 0.637. The fourth-order valence-electron chi connectivity index (χ4n) is 3.92. The van der Waals surface area contributed by atoms with Crippen LogP contribution in [0.2, 0.25) is 5.02 Å². The third kappa shape index (κ3) is 3.55. The van der Waals surface area contributed by atoms with Crippen molar-refractivity contribution >= 4 is 48.3 Å². The Balaban J connectivity index is 2.08. The zero-order chi connectivity index (χ0) is 20.3. The zero-order valence-corrected chi connectivity index (χ0v) is 18.9. The van der Waals surface area contributed by atoms with Gasteiger partial charge in [0.05, 0.1) is 0 Å². The molecule has 4 heteroatoms. The summed E-state index contributed by atoms with van der Waals surface area (Å²) in [4.78, 5) is 0. The third-order valence-corrected chi connectivity index (χ3v) is 15.2. The van der Waals surface area contributed by atoms with Crippen molar-refractivity contribution < 1.29 is 4.39 Å². The van der Waals surface area contributed by atoms with Gasteiger partial charge in [0.25, 0.3) is 0 Å². The molecule has 4 rings (SSSR count). The summed E-state index contributed by atoms with van der Waals surface area (Å²) < 4.78 is 14.4. The van der Waals surface area contributed by atoms with Crippen molar-refractivity contribution in [2.45, 2.75) is 6.16 Å². The van der Waals surface area contributed by atoms with E-state index >= 15 is 0 Å². The molecule has 0 atom stereocenters. The normalized spacial score (nSPS) is 12.9. The number of rotatable bonds is 5. The standard InChI is InChI=1S/C25H20BrClFP/c26-29(21-10-4-1-5-11-21,22-12-6-2-7-13-22,23-14-8-3-9-15-23)19-20-16-17-24(27)25(28)18-20/h1-18H,19H2. The molecule has 0 bridgehead atoms. The monoisotopic (exact) mass is 484 g/mol. The average molecular weight is 486 g/mol. The molecular formula is C25H20BrClFP. The van der Waals surface area contributed by atoms with E-state index in [4.69, 9.17) is 11.6 Å². The number of hydrogen-bond acceptors (Lipinski definition) is 0. The number of benzene rings is 4. The molecule has 0 nitrogen and oxygen atoms in total. The third-order valence-electron chi connectivity index (χ3n) is 5.35. The predicted molar refractivity (Wildman–Crippen MR) is 129 cm³/mol. The van der Waals surface area contributed by atoms with E-state index in [0.29, 0.717) is 6.16 Å². The van der Waals surface area contributed by atoms with Crippen molar-refractivity contribution in [2.24, 2.45) is 0 Å². The molecule has 0 amide bonds. The topological polar surface area (TPSA) is 0 Å². The molecule has 0 aliphatic carbocycles. The van der Waals surface area contributed by atoms with Crippen LogP contribution in [0.15, 0.2) is 109 Å². The van der Waals surface area contributed by atoms with Gasteiger partial charge in [0.15, 0.2) is 0 Å². The molecule has 0 unspecified atom stereocenters. The SMILES string of the molecule is Fc1cc(CP(Br)(c2ccccc2)(c2ccccc2)c2ccccc2)ccc1Cl. The quantitative estimate of drug-likeness (QED) is 0.272. The molecule has 0 aliphatic heterocycles. The summed E-state index contributed by atoms with van der Waals surface area (Å²) in [5.74, 6) is -0.393. The van der Waals surface area contributed by atoms with E-state index in [0.717, 1.165) is 5.56 Å². The molecule has 4 aromatic rings. The van der Waals surface area contributed by atoms with Gasteiger partial charge in [0.1, 0.15) is 0 Å².